The third-order valence-electron chi connectivity index (χ3n) is 4.08. The average Bonchev–Trinajstić information content (AvgIpc) is 2.81. The Labute approximate surface area is 153 Å². The second-order valence-electron chi connectivity index (χ2n) is 5.66. The van der Waals surface area contributed by atoms with Gasteiger partial charge in [0.2, 0.25) is 0 Å². The van der Waals surface area contributed by atoms with Crippen molar-refractivity contribution in [3.63, 3.8) is 0 Å². The fourth-order valence-corrected chi connectivity index (χ4v) is 4.77. The van der Waals surface area contributed by atoms with E-state index >= 15 is 0 Å². The molecule has 0 saturated carbocycles. The number of amides is 1. The van der Waals surface area contributed by atoms with Crippen molar-refractivity contribution in [2.75, 3.05) is 32.4 Å². The first kappa shape index (κ1) is 17.6. The molecule has 0 aliphatic carbocycles. The molecule has 1 atom stereocenters. The molecule has 1 saturated heterocycles. The van der Waals surface area contributed by atoms with Crippen LogP contribution >= 0.6 is 22.9 Å². The molecule has 128 valence electrons. The molecule has 2 aromatic rings. The maximum Gasteiger partial charge on any atom is 0.256 e. The molecule has 1 fully saturated rings. The molecular weight excluding hydrogens is 364 g/mol. The van der Waals surface area contributed by atoms with Crippen molar-refractivity contribution in [2.24, 2.45) is 0 Å². The number of carbonyl (C=O) groups excluding carboxylic acids is 1. The van der Waals surface area contributed by atoms with Crippen LogP contribution in [0.15, 0.2) is 36.4 Å². The number of benzene rings is 1. The predicted molar refractivity (Wildman–Crippen MR) is 101 cm³/mol. The Hall–Kier alpha value is -1.21. The van der Waals surface area contributed by atoms with Gasteiger partial charge in [-0.3, -0.25) is 4.79 Å². The number of nitrogens with zero attached hydrogens (tertiary/aromatic N) is 2. The van der Waals surface area contributed by atoms with Crippen LogP contribution in [0.2, 0.25) is 4.34 Å². The van der Waals surface area contributed by atoms with E-state index in [9.17, 15) is 9.00 Å². The lowest BCUT2D eigenvalue weighted by atomic mass is 10.1. The fraction of sp³-hybridized carbons (Fsp3) is 0.353. The van der Waals surface area contributed by atoms with E-state index < -0.39 is 11.0 Å². The number of hydrogen-bond acceptors (Lipinski definition) is 3. The number of hydrogen-bond donors (Lipinski definition) is 0. The number of halogens is 1. The lowest BCUT2D eigenvalue weighted by Crippen LogP contribution is -2.35. The molecule has 1 amide bonds. The highest BCUT2D eigenvalue weighted by molar-refractivity contribution is 7.81. The molecule has 24 heavy (non-hydrogen) atoms. The second kappa shape index (κ2) is 7.78. The lowest BCUT2D eigenvalue weighted by Gasteiger charge is -2.20. The highest BCUT2D eigenvalue weighted by atomic mass is 35.5. The van der Waals surface area contributed by atoms with E-state index in [0.29, 0.717) is 29.5 Å². The summed E-state index contributed by atoms with van der Waals surface area (Å²) in [6.45, 7) is 2.62. The molecule has 2 heterocycles. The Morgan fingerprint density at radius 3 is 2.62 bits per heavy atom. The zero-order chi connectivity index (χ0) is 17.1. The van der Waals surface area contributed by atoms with Crippen LogP contribution in [-0.4, -0.2) is 51.8 Å². The summed E-state index contributed by atoms with van der Waals surface area (Å²) in [4.78, 5) is 15.7. The molecule has 1 aliphatic heterocycles. The molecule has 0 radical (unpaired) electrons. The second-order valence-corrected chi connectivity index (χ2v) is 8.68. The Balaban J connectivity index is 1.78. The van der Waals surface area contributed by atoms with Gasteiger partial charge in [0.15, 0.2) is 0 Å². The van der Waals surface area contributed by atoms with Crippen LogP contribution in [0.4, 0.5) is 0 Å². The third-order valence-corrected chi connectivity index (χ3v) is 6.58. The Morgan fingerprint density at radius 2 is 1.92 bits per heavy atom. The van der Waals surface area contributed by atoms with Gasteiger partial charge in [0, 0.05) is 37.3 Å². The van der Waals surface area contributed by atoms with Gasteiger partial charge in [-0.05, 0) is 18.1 Å². The van der Waals surface area contributed by atoms with E-state index in [2.05, 4.69) is 0 Å². The molecule has 3 rings (SSSR count). The molecule has 1 aromatic heterocycles. The van der Waals surface area contributed by atoms with Gasteiger partial charge in [-0.25, -0.2) is 8.51 Å². The normalized spacial score (nSPS) is 17.5. The van der Waals surface area contributed by atoms with Gasteiger partial charge in [0.25, 0.3) is 5.91 Å². The lowest BCUT2D eigenvalue weighted by molar-refractivity contribution is 0.0765. The summed E-state index contributed by atoms with van der Waals surface area (Å²) >= 11 is 7.77. The molecule has 7 heteroatoms. The maximum absolute atomic E-state index is 12.8. The van der Waals surface area contributed by atoms with Crippen molar-refractivity contribution >= 4 is 39.8 Å². The van der Waals surface area contributed by atoms with Gasteiger partial charge in [0.05, 0.1) is 16.5 Å². The summed E-state index contributed by atoms with van der Waals surface area (Å²) in [5.74, 6) is -0.0397. The maximum atomic E-state index is 12.8. The van der Waals surface area contributed by atoms with Gasteiger partial charge in [-0.15, -0.1) is 11.3 Å². The molecule has 1 aliphatic rings. The van der Waals surface area contributed by atoms with Crippen molar-refractivity contribution in [2.45, 2.75) is 6.42 Å². The van der Waals surface area contributed by atoms with E-state index in [0.717, 1.165) is 23.4 Å². The van der Waals surface area contributed by atoms with Gasteiger partial charge in [-0.2, -0.15) is 0 Å². The smallest absolute Gasteiger partial charge is 0.256 e. The summed E-state index contributed by atoms with van der Waals surface area (Å²) in [5, 5.41) is 0. The Morgan fingerprint density at radius 1 is 1.17 bits per heavy atom. The Kier molecular flexibility index (Phi) is 5.71. The van der Waals surface area contributed by atoms with E-state index in [4.69, 9.17) is 11.6 Å². The van der Waals surface area contributed by atoms with Gasteiger partial charge in [0.1, 0.15) is 4.34 Å². The number of rotatable bonds is 3. The molecule has 1 aromatic carbocycles. The van der Waals surface area contributed by atoms with Crippen molar-refractivity contribution < 1.29 is 9.00 Å². The highest BCUT2D eigenvalue weighted by Crippen LogP contribution is 2.35. The highest BCUT2D eigenvalue weighted by Gasteiger charge is 2.24. The van der Waals surface area contributed by atoms with Crippen molar-refractivity contribution in [3.05, 3.63) is 46.3 Å². The minimum absolute atomic E-state index is 0.0397. The van der Waals surface area contributed by atoms with Crippen LogP contribution in [0.1, 0.15) is 16.8 Å². The van der Waals surface area contributed by atoms with E-state index in [1.54, 1.807) is 6.26 Å². The van der Waals surface area contributed by atoms with Crippen LogP contribution < -0.4 is 0 Å². The summed E-state index contributed by atoms with van der Waals surface area (Å²) in [6.07, 6.45) is 2.50. The molecular formula is C17H19ClN2O2S2. The Bertz CT molecular complexity index is 748. The summed E-state index contributed by atoms with van der Waals surface area (Å²) in [7, 11) is -0.990. The first-order valence-corrected chi connectivity index (χ1v) is 10.5. The van der Waals surface area contributed by atoms with Crippen molar-refractivity contribution in [3.8, 4) is 10.4 Å². The van der Waals surface area contributed by atoms with Crippen molar-refractivity contribution in [1.29, 1.82) is 0 Å². The molecule has 0 bridgehead atoms. The fourth-order valence-electron chi connectivity index (χ4n) is 2.78. The minimum Gasteiger partial charge on any atom is -0.337 e. The zero-order valence-electron chi connectivity index (χ0n) is 13.4. The summed E-state index contributed by atoms with van der Waals surface area (Å²) in [6, 6.07) is 11.8. The average molecular weight is 383 g/mol. The summed E-state index contributed by atoms with van der Waals surface area (Å²) in [5.41, 5.74) is 1.62. The minimum atomic E-state index is -0.990. The zero-order valence-corrected chi connectivity index (χ0v) is 15.8. The quantitative estimate of drug-likeness (QED) is 0.815. The van der Waals surface area contributed by atoms with Crippen molar-refractivity contribution in [1.82, 2.24) is 9.21 Å². The van der Waals surface area contributed by atoms with E-state index in [1.165, 1.54) is 11.3 Å². The number of thiophene rings is 1. The molecule has 4 nitrogen and oxygen atoms in total. The standard InChI is InChI=1S/C17H19ClN2O2S2/c1-24(22)20-9-5-8-19(10-11-20)17(21)14-12-15(23-16(14)18)13-6-3-2-4-7-13/h2-4,6-7,12H,5,8-11H2,1H3. The van der Waals surface area contributed by atoms with Gasteiger partial charge >= 0.3 is 0 Å². The van der Waals surface area contributed by atoms with Gasteiger partial charge < -0.3 is 4.90 Å². The summed E-state index contributed by atoms with van der Waals surface area (Å²) < 4.78 is 14.1. The predicted octanol–water partition coefficient (Wildman–Crippen LogP) is 3.51. The SMILES string of the molecule is CS(=O)N1CCCN(C(=O)c2cc(-c3ccccc3)sc2Cl)CC1. The van der Waals surface area contributed by atoms with Crippen LogP contribution in [0, 0.1) is 0 Å². The first-order valence-electron chi connectivity index (χ1n) is 7.79. The number of carbonyl (C=O) groups is 1. The molecule has 1 unspecified atom stereocenters. The van der Waals surface area contributed by atoms with Crippen LogP contribution in [-0.2, 0) is 11.0 Å². The monoisotopic (exact) mass is 382 g/mol. The molecule has 0 spiro atoms. The van der Waals surface area contributed by atoms with Gasteiger partial charge in [-0.1, -0.05) is 41.9 Å². The van der Waals surface area contributed by atoms with E-state index in [-0.39, 0.29) is 5.91 Å². The topological polar surface area (TPSA) is 40.6 Å². The van der Waals surface area contributed by atoms with Crippen LogP contribution in [0.5, 0.6) is 0 Å². The molecule has 0 N–H and O–H groups in total. The van der Waals surface area contributed by atoms with E-state index in [1.807, 2.05) is 45.6 Å². The van der Waals surface area contributed by atoms with Crippen LogP contribution in [0.3, 0.4) is 0 Å². The van der Waals surface area contributed by atoms with Crippen LogP contribution in [0.25, 0.3) is 10.4 Å². The largest absolute Gasteiger partial charge is 0.337 e. The third kappa shape index (κ3) is 3.88. The first-order chi connectivity index (χ1) is 11.6.